The van der Waals surface area contributed by atoms with E-state index in [0.29, 0.717) is 41.7 Å². The molecule has 11 heteroatoms. The second-order valence-electron chi connectivity index (χ2n) is 9.42. The highest BCUT2D eigenvalue weighted by atomic mass is 16.5. The number of amides is 1. The van der Waals surface area contributed by atoms with Gasteiger partial charge in [-0.15, -0.1) is 0 Å². The van der Waals surface area contributed by atoms with Crippen molar-refractivity contribution in [1.82, 2.24) is 20.4 Å². The maximum absolute atomic E-state index is 12.6. The van der Waals surface area contributed by atoms with Gasteiger partial charge in [0, 0.05) is 30.3 Å². The number of aliphatic hydroxyl groups is 1. The molecule has 4 rings (SSSR count). The molecular formula is C28H33N5O6. The molecule has 2 heterocycles. The van der Waals surface area contributed by atoms with Crippen molar-refractivity contribution in [2.75, 3.05) is 19.7 Å². The third kappa shape index (κ3) is 7.19. The molecule has 1 aliphatic heterocycles. The highest BCUT2D eigenvalue weighted by Gasteiger charge is 2.24. The Morgan fingerprint density at radius 3 is 2.72 bits per heavy atom. The van der Waals surface area contributed by atoms with E-state index in [1.165, 1.54) is 5.56 Å². The Morgan fingerprint density at radius 2 is 2.05 bits per heavy atom. The monoisotopic (exact) mass is 535 g/mol. The molecule has 0 saturated carbocycles. The number of rotatable bonds is 8. The molecule has 1 amide bonds. The molecule has 0 fully saturated rings. The van der Waals surface area contributed by atoms with Crippen LogP contribution in [0.15, 0.2) is 34.9 Å². The summed E-state index contributed by atoms with van der Waals surface area (Å²) in [4.78, 5) is 27.4. The first-order valence-corrected chi connectivity index (χ1v) is 12.6. The Morgan fingerprint density at radius 1 is 1.31 bits per heavy atom. The summed E-state index contributed by atoms with van der Waals surface area (Å²) in [5.74, 6) is 1.35. The number of nitrogens with one attached hydrogen (secondary N) is 1. The van der Waals surface area contributed by atoms with Gasteiger partial charge in [0.15, 0.2) is 0 Å². The lowest BCUT2D eigenvalue weighted by Gasteiger charge is -2.30. The number of ether oxygens (including phenoxy) is 1. The van der Waals surface area contributed by atoms with E-state index in [1.54, 1.807) is 18.2 Å². The van der Waals surface area contributed by atoms with E-state index < -0.39 is 0 Å². The van der Waals surface area contributed by atoms with Crippen molar-refractivity contribution in [3.8, 4) is 34.7 Å². The van der Waals surface area contributed by atoms with Gasteiger partial charge in [-0.3, -0.25) is 9.59 Å². The zero-order chi connectivity index (χ0) is 28.5. The molecule has 1 aromatic heterocycles. The Kier molecular flexibility index (Phi) is 10.1. The summed E-state index contributed by atoms with van der Waals surface area (Å²) in [5.41, 5.74) is 5.30. The van der Waals surface area contributed by atoms with Crippen LogP contribution in [0, 0.1) is 18.3 Å². The second-order valence-corrected chi connectivity index (χ2v) is 9.42. The Balaban J connectivity index is 0.00000134. The normalized spacial score (nSPS) is 13.1. The Hall–Kier alpha value is -4.27. The average Bonchev–Trinajstić information content (AvgIpc) is 3.42. The van der Waals surface area contributed by atoms with Gasteiger partial charge in [0.2, 0.25) is 11.7 Å². The molecule has 0 spiro atoms. The standard InChI is InChI=1S/C27H31N5O4.CH2O2/c1-16(2)35-24-8-6-19(11-21(24)12-28)27-30-26(31-36-27)23-7-5-20-14-32(10-9-22(20)18(23)4)25(34)13-29-17(3)15-33;2-1-3/h5-8,11,16-17,29,33H,9-10,13-15H2,1-4H3;1H,(H,2,3)/t17-;/m1./s1. The first-order valence-electron chi connectivity index (χ1n) is 12.6. The number of carbonyl (C=O) groups is 2. The molecule has 0 bridgehead atoms. The van der Waals surface area contributed by atoms with E-state index >= 15 is 0 Å². The molecule has 0 unspecified atom stereocenters. The van der Waals surface area contributed by atoms with Crippen molar-refractivity contribution in [3.63, 3.8) is 0 Å². The van der Waals surface area contributed by atoms with E-state index in [2.05, 4.69) is 21.5 Å². The number of carboxylic acid groups (broad SMARTS) is 1. The highest BCUT2D eigenvalue weighted by Crippen LogP contribution is 2.32. The lowest BCUT2D eigenvalue weighted by atomic mass is 9.91. The van der Waals surface area contributed by atoms with E-state index in [1.807, 2.05) is 44.7 Å². The molecule has 1 aliphatic rings. The maximum Gasteiger partial charge on any atom is 0.290 e. The number of aliphatic hydroxyl groups excluding tert-OH is 1. The van der Waals surface area contributed by atoms with Gasteiger partial charge in [0.1, 0.15) is 11.8 Å². The van der Waals surface area contributed by atoms with Crippen molar-refractivity contribution < 1.29 is 29.1 Å². The average molecular weight is 536 g/mol. The molecule has 39 heavy (non-hydrogen) atoms. The summed E-state index contributed by atoms with van der Waals surface area (Å²) in [5, 5.41) is 32.8. The number of nitrogens with zero attached hydrogens (tertiary/aromatic N) is 4. The van der Waals surface area contributed by atoms with Crippen LogP contribution >= 0.6 is 0 Å². The van der Waals surface area contributed by atoms with Gasteiger partial charge in [-0.25, -0.2) is 0 Å². The smallest absolute Gasteiger partial charge is 0.290 e. The van der Waals surface area contributed by atoms with Crippen LogP contribution in [-0.4, -0.2) is 69.5 Å². The number of benzene rings is 2. The van der Waals surface area contributed by atoms with Crippen LogP contribution in [-0.2, 0) is 22.6 Å². The summed E-state index contributed by atoms with van der Waals surface area (Å²) >= 11 is 0. The van der Waals surface area contributed by atoms with Gasteiger partial charge in [0.25, 0.3) is 12.4 Å². The molecule has 206 valence electrons. The molecule has 0 radical (unpaired) electrons. The number of fused-ring (bicyclic) bond motifs is 1. The number of hydrogen-bond donors (Lipinski definition) is 3. The largest absolute Gasteiger partial charge is 0.490 e. The topological polar surface area (TPSA) is 162 Å². The quantitative estimate of drug-likeness (QED) is 0.366. The fraction of sp³-hybridized carbons (Fsp3) is 0.393. The minimum atomic E-state index is -0.250. The van der Waals surface area contributed by atoms with E-state index in [0.717, 1.165) is 23.1 Å². The van der Waals surface area contributed by atoms with Gasteiger partial charge in [-0.1, -0.05) is 17.3 Å². The van der Waals surface area contributed by atoms with Gasteiger partial charge in [-0.05, 0) is 69.0 Å². The Labute approximate surface area is 227 Å². The van der Waals surface area contributed by atoms with E-state index in [-0.39, 0.29) is 37.7 Å². The van der Waals surface area contributed by atoms with Gasteiger partial charge in [0.05, 0.1) is 24.8 Å². The van der Waals surface area contributed by atoms with Crippen molar-refractivity contribution in [2.45, 2.75) is 52.8 Å². The maximum atomic E-state index is 12.6. The van der Waals surface area contributed by atoms with Crippen molar-refractivity contribution >= 4 is 12.4 Å². The number of hydrogen-bond acceptors (Lipinski definition) is 9. The molecule has 0 saturated heterocycles. The van der Waals surface area contributed by atoms with Crippen LogP contribution < -0.4 is 10.1 Å². The zero-order valence-electron chi connectivity index (χ0n) is 22.5. The van der Waals surface area contributed by atoms with E-state index in [9.17, 15) is 10.1 Å². The van der Waals surface area contributed by atoms with Crippen LogP contribution in [0.1, 0.15) is 43.0 Å². The minimum absolute atomic E-state index is 0.00672. The predicted molar refractivity (Wildman–Crippen MR) is 143 cm³/mol. The van der Waals surface area contributed by atoms with Crippen molar-refractivity contribution in [2.24, 2.45) is 0 Å². The summed E-state index contributed by atoms with van der Waals surface area (Å²) in [7, 11) is 0. The third-order valence-corrected chi connectivity index (χ3v) is 6.29. The van der Waals surface area contributed by atoms with Crippen LogP contribution in [0.3, 0.4) is 0 Å². The second kappa shape index (κ2) is 13.5. The number of aromatic nitrogens is 2. The van der Waals surface area contributed by atoms with Gasteiger partial charge < -0.3 is 29.7 Å². The number of nitriles is 1. The van der Waals surface area contributed by atoms with Gasteiger partial charge >= 0.3 is 0 Å². The minimum Gasteiger partial charge on any atom is -0.490 e. The molecule has 3 N–H and O–H groups in total. The summed E-state index contributed by atoms with van der Waals surface area (Å²) in [6, 6.07) is 11.3. The van der Waals surface area contributed by atoms with Crippen LogP contribution in [0.4, 0.5) is 0 Å². The summed E-state index contributed by atoms with van der Waals surface area (Å²) < 4.78 is 11.2. The van der Waals surface area contributed by atoms with Crippen LogP contribution in [0.2, 0.25) is 0 Å². The third-order valence-electron chi connectivity index (χ3n) is 6.29. The SMILES string of the molecule is Cc1c(-c2noc(-c3ccc(OC(C)C)c(C#N)c3)n2)ccc2c1CCN(C(=O)CN[C@H](C)CO)C2.O=CO. The van der Waals surface area contributed by atoms with Crippen molar-refractivity contribution in [1.29, 1.82) is 5.26 Å². The van der Waals surface area contributed by atoms with Crippen LogP contribution in [0.25, 0.3) is 22.8 Å². The molecule has 3 aromatic rings. The fourth-order valence-electron chi connectivity index (χ4n) is 4.29. The Bertz CT molecular complexity index is 1350. The summed E-state index contributed by atoms with van der Waals surface area (Å²) in [6.07, 6.45) is 0.700. The highest BCUT2D eigenvalue weighted by molar-refractivity contribution is 5.79. The molecule has 11 nitrogen and oxygen atoms in total. The lowest BCUT2D eigenvalue weighted by Crippen LogP contribution is -2.44. The van der Waals surface area contributed by atoms with Crippen molar-refractivity contribution in [3.05, 3.63) is 52.6 Å². The zero-order valence-corrected chi connectivity index (χ0v) is 22.5. The molecule has 0 aliphatic carbocycles. The predicted octanol–water partition coefficient (Wildman–Crippen LogP) is 2.93. The van der Waals surface area contributed by atoms with Crippen LogP contribution in [0.5, 0.6) is 5.75 Å². The first-order chi connectivity index (χ1) is 18.7. The molecule has 2 aromatic carbocycles. The summed E-state index contributed by atoms with van der Waals surface area (Å²) in [6.45, 7) is 8.82. The molecule has 1 atom stereocenters. The molecular weight excluding hydrogens is 502 g/mol. The first kappa shape index (κ1) is 29.3. The number of carbonyl (C=O) groups excluding carboxylic acids is 1. The van der Waals surface area contributed by atoms with Gasteiger partial charge in [-0.2, -0.15) is 10.2 Å². The lowest BCUT2D eigenvalue weighted by molar-refractivity contribution is -0.131. The fourth-order valence-corrected chi connectivity index (χ4v) is 4.29. The van der Waals surface area contributed by atoms with E-state index in [4.69, 9.17) is 24.3 Å².